The first-order chi connectivity index (χ1) is 9.93. The lowest BCUT2D eigenvalue weighted by Gasteiger charge is -2.40. The third kappa shape index (κ3) is 2.08. The lowest BCUT2D eigenvalue weighted by Crippen LogP contribution is -2.49. The SMILES string of the molecule is COC1CC(O)C2C(=O)c3c(O)cc(C)cc3C(=O)C2C1. The van der Waals surface area contributed by atoms with Gasteiger partial charge in [0.15, 0.2) is 11.6 Å². The zero-order valence-corrected chi connectivity index (χ0v) is 12.0. The molecule has 5 nitrogen and oxygen atoms in total. The lowest BCUT2D eigenvalue weighted by molar-refractivity contribution is -0.0352. The van der Waals surface area contributed by atoms with Crippen molar-refractivity contribution in [1.82, 2.24) is 0 Å². The Hall–Kier alpha value is -1.72. The van der Waals surface area contributed by atoms with Gasteiger partial charge in [0.2, 0.25) is 0 Å². The Morgan fingerprint density at radius 3 is 2.57 bits per heavy atom. The van der Waals surface area contributed by atoms with E-state index in [2.05, 4.69) is 0 Å². The summed E-state index contributed by atoms with van der Waals surface area (Å²) >= 11 is 0. The molecule has 2 aliphatic carbocycles. The van der Waals surface area contributed by atoms with Gasteiger partial charge in [-0.05, 0) is 31.0 Å². The minimum Gasteiger partial charge on any atom is -0.507 e. The van der Waals surface area contributed by atoms with Crippen LogP contribution in [-0.2, 0) is 4.74 Å². The molecule has 1 saturated carbocycles. The van der Waals surface area contributed by atoms with Crippen LogP contribution in [0.4, 0.5) is 0 Å². The Morgan fingerprint density at radius 1 is 1.19 bits per heavy atom. The Labute approximate surface area is 122 Å². The van der Waals surface area contributed by atoms with Gasteiger partial charge in [-0.3, -0.25) is 9.59 Å². The van der Waals surface area contributed by atoms with E-state index in [4.69, 9.17) is 4.74 Å². The second kappa shape index (κ2) is 4.93. The van der Waals surface area contributed by atoms with E-state index in [1.54, 1.807) is 13.0 Å². The predicted octanol–water partition coefficient (Wildman–Crippen LogP) is 1.48. The highest BCUT2D eigenvalue weighted by molar-refractivity contribution is 6.17. The molecule has 21 heavy (non-hydrogen) atoms. The van der Waals surface area contributed by atoms with Crippen molar-refractivity contribution in [2.75, 3.05) is 7.11 Å². The molecule has 0 aliphatic heterocycles. The monoisotopic (exact) mass is 290 g/mol. The highest BCUT2D eigenvalue weighted by Crippen LogP contribution is 2.43. The van der Waals surface area contributed by atoms with Crippen molar-refractivity contribution in [3.8, 4) is 5.75 Å². The third-order valence-electron chi connectivity index (χ3n) is 4.62. The molecule has 3 rings (SSSR count). The van der Waals surface area contributed by atoms with Crippen LogP contribution in [0.15, 0.2) is 12.1 Å². The molecule has 1 fully saturated rings. The Balaban J connectivity index is 2.12. The molecule has 0 heterocycles. The van der Waals surface area contributed by atoms with Crippen molar-refractivity contribution in [2.45, 2.75) is 32.0 Å². The fraction of sp³-hybridized carbons (Fsp3) is 0.500. The van der Waals surface area contributed by atoms with Gasteiger partial charge in [-0.2, -0.15) is 0 Å². The number of hydrogen-bond acceptors (Lipinski definition) is 5. The fourth-order valence-corrected chi connectivity index (χ4v) is 3.62. The normalized spacial score (nSPS) is 31.8. The van der Waals surface area contributed by atoms with Crippen molar-refractivity contribution in [1.29, 1.82) is 0 Å². The van der Waals surface area contributed by atoms with E-state index < -0.39 is 17.9 Å². The van der Waals surface area contributed by atoms with Crippen molar-refractivity contribution in [2.24, 2.45) is 11.8 Å². The second-order valence-corrected chi connectivity index (χ2v) is 5.96. The summed E-state index contributed by atoms with van der Waals surface area (Å²) < 4.78 is 5.26. The average Bonchev–Trinajstić information content (AvgIpc) is 2.43. The molecule has 5 heteroatoms. The first-order valence-corrected chi connectivity index (χ1v) is 7.07. The van der Waals surface area contributed by atoms with Crippen LogP contribution in [0, 0.1) is 18.8 Å². The van der Waals surface area contributed by atoms with Gasteiger partial charge in [-0.15, -0.1) is 0 Å². The summed E-state index contributed by atoms with van der Waals surface area (Å²) in [6.45, 7) is 1.76. The van der Waals surface area contributed by atoms with Gasteiger partial charge >= 0.3 is 0 Å². The number of fused-ring (bicyclic) bond motifs is 2. The van der Waals surface area contributed by atoms with E-state index in [1.165, 1.54) is 13.2 Å². The molecule has 2 aliphatic rings. The number of rotatable bonds is 1. The van der Waals surface area contributed by atoms with Crippen LogP contribution in [0.3, 0.4) is 0 Å². The van der Waals surface area contributed by atoms with Crippen LogP contribution in [0.2, 0.25) is 0 Å². The Bertz CT molecular complexity index is 621. The zero-order chi connectivity index (χ0) is 15.3. The van der Waals surface area contributed by atoms with E-state index in [-0.39, 0.29) is 34.5 Å². The summed E-state index contributed by atoms with van der Waals surface area (Å²) in [5.74, 6) is -2.05. The van der Waals surface area contributed by atoms with Crippen LogP contribution in [0.1, 0.15) is 39.1 Å². The van der Waals surface area contributed by atoms with Crippen LogP contribution in [0.5, 0.6) is 5.75 Å². The standard InChI is InChI=1S/C16H18O5/c1-7-3-9-13(11(17)4-7)16(20)14-10(15(9)19)5-8(21-2)6-12(14)18/h3-4,8,10,12,14,17-18H,5-6H2,1-2H3. The molecular formula is C16H18O5. The molecule has 112 valence electrons. The molecule has 0 radical (unpaired) electrons. The number of aliphatic hydroxyl groups excluding tert-OH is 1. The number of ether oxygens (including phenoxy) is 1. The maximum absolute atomic E-state index is 12.7. The van der Waals surface area contributed by atoms with Crippen LogP contribution in [-0.4, -0.2) is 41.1 Å². The van der Waals surface area contributed by atoms with Crippen LogP contribution < -0.4 is 0 Å². The smallest absolute Gasteiger partial charge is 0.173 e. The van der Waals surface area contributed by atoms with Gasteiger partial charge in [0.05, 0.1) is 23.7 Å². The average molecular weight is 290 g/mol. The number of aromatic hydroxyl groups is 1. The highest BCUT2D eigenvalue weighted by atomic mass is 16.5. The van der Waals surface area contributed by atoms with E-state index >= 15 is 0 Å². The summed E-state index contributed by atoms with van der Waals surface area (Å²) in [5, 5.41) is 20.3. The molecule has 0 bridgehead atoms. The minimum absolute atomic E-state index is 0.0572. The second-order valence-electron chi connectivity index (χ2n) is 5.96. The number of ketones is 2. The van der Waals surface area contributed by atoms with Gasteiger partial charge in [-0.1, -0.05) is 0 Å². The van der Waals surface area contributed by atoms with E-state index in [0.29, 0.717) is 12.8 Å². The molecule has 0 aromatic heterocycles. The number of phenolic OH excluding ortho intramolecular Hbond substituents is 1. The number of Topliss-reactive ketones (excluding diaryl/α,β-unsaturated/α-hetero) is 2. The van der Waals surface area contributed by atoms with Crippen molar-refractivity contribution >= 4 is 11.6 Å². The van der Waals surface area contributed by atoms with Gasteiger partial charge < -0.3 is 14.9 Å². The maximum Gasteiger partial charge on any atom is 0.173 e. The van der Waals surface area contributed by atoms with E-state index in [1.807, 2.05) is 0 Å². The number of benzene rings is 1. The van der Waals surface area contributed by atoms with Gasteiger partial charge in [0, 0.05) is 25.0 Å². The summed E-state index contributed by atoms with van der Waals surface area (Å²) in [6.07, 6.45) is -0.382. The number of methoxy groups -OCH3 is 1. The first-order valence-electron chi connectivity index (χ1n) is 7.07. The molecule has 1 aromatic carbocycles. The number of aliphatic hydroxyl groups is 1. The topological polar surface area (TPSA) is 83.8 Å². The molecule has 0 saturated heterocycles. The predicted molar refractivity (Wildman–Crippen MR) is 74.5 cm³/mol. The van der Waals surface area contributed by atoms with Crippen molar-refractivity contribution in [3.05, 3.63) is 28.8 Å². The lowest BCUT2D eigenvalue weighted by atomic mass is 9.65. The number of carbonyl (C=O) groups is 2. The zero-order valence-electron chi connectivity index (χ0n) is 12.0. The highest BCUT2D eigenvalue weighted by Gasteiger charge is 2.50. The summed E-state index contributed by atoms with van der Waals surface area (Å²) in [4.78, 5) is 25.3. The summed E-state index contributed by atoms with van der Waals surface area (Å²) in [7, 11) is 1.54. The van der Waals surface area contributed by atoms with Gasteiger partial charge in [0.1, 0.15) is 5.75 Å². The molecule has 2 N–H and O–H groups in total. The van der Waals surface area contributed by atoms with E-state index in [9.17, 15) is 19.8 Å². The van der Waals surface area contributed by atoms with E-state index in [0.717, 1.165) is 5.56 Å². The molecule has 0 amide bonds. The minimum atomic E-state index is -0.918. The Morgan fingerprint density at radius 2 is 1.90 bits per heavy atom. The number of hydrogen-bond donors (Lipinski definition) is 2. The van der Waals surface area contributed by atoms with Gasteiger partial charge in [0.25, 0.3) is 0 Å². The first kappa shape index (κ1) is 14.2. The third-order valence-corrected chi connectivity index (χ3v) is 4.62. The Kier molecular flexibility index (Phi) is 3.34. The van der Waals surface area contributed by atoms with Crippen LogP contribution in [0.25, 0.3) is 0 Å². The molecule has 4 atom stereocenters. The largest absolute Gasteiger partial charge is 0.507 e. The van der Waals surface area contributed by atoms with Crippen molar-refractivity contribution < 1.29 is 24.5 Å². The fourth-order valence-electron chi connectivity index (χ4n) is 3.62. The quantitative estimate of drug-likeness (QED) is 0.818. The molecule has 0 spiro atoms. The number of carbonyl (C=O) groups excluding carboxylic acids is 2. The van der Waals surface area contributed by atoms with Gasteiger partial charge in [-0.25, -0.2) is 0 Å². The van der Waals surface area contributed by atoms with Crippen molar-refractivity contribution in [3.63, 3.8) is 0 Å². The molecular weight excluding hydrogens is 272 g/mol. The maximum atomic E-state index is 12.7. The van der Waals surface area contributed by atoms with Crippen LogP contribution >= 0.6 is 0 Å². The molecule has 4 unspecified atom stereocenters. The summed E-state index contributed by atoms with van der Waals surface area (Å²) in [5.41, 5.74) is 1.05. The number of aryl methyl sites for hydroxylation is 1. The number of phenols is 1. The molecule has 1 aromatic rings. The summed E-state index contributed by atoms with van der Waals surface area (Å²) in [6, 6.07) is 3.10.